The van der Waals surface area contributed by atoms with Crippen LogP contribution in [0.15, 0.2) is 48.5 Å². The average Bonchev–Trinajstić information content (AvgIpc) is 2.45. The summed E-state index contributed by atoms with van der Waals surface area (Å²) in [4.78, 5) is 12.0. The number of aryl methyl sites for hydroxylation is 1. The minimum atomic E-state index is -3.21. The number of anilines is 1. The molecule has 0 heterocycles. The van der Waals surface area contributed by atoms with Gasteiger partial charge in [0.15, 0.2) is 0 Å². The number of nitrogens with one attached hydrogen (secondary N) is 2. The van der Waals surface area contributed by atoms with Crippen LogP contribution in [-0.2, 0) is 27.8 Å². The monoisotopic (exact) mass is 332 g/mol. The SMILES string of the molecule is Cc1cccc(CC(=O)Nc2ccc(CNS(C)(=O)=O)cc2)c1. The van der Waals surface area contributed by atoms with E-state index >= 15 is 0 Å². The van der Waals surface area contributed by atoms with Gasteiger partial charge in [0, 0.05) is 12.2 Å². The maximum atomic E-state index is 12.0. The molecule has 0 aliphatic carbocycles. The van der Waals surface area contributed by atoms with Gasteiger partial charge in [0.2, 0.25) is 15.9 Å². The van der Waals surface area contributed by atoms with Crippen LogP contribution in [-0.4, -0.2) is 20.6 Å². The summed E-state index contributed by atoms with van der Waals surface area (Å²) in [7, 11) is -3.21. The molecule has 2 aromatic carbocycles. The fourth-order valence-electron chi connectivity index (χ4n) is 2.13. The molecule has 0 aromatic heterocycles. The fourth-order valence-corrected chi connectivity index (χ4v) is 2.56. The zero-order valence-electron chi connectivity index (χ0n) is 13.2. The van der Waals surface area contributed by atoms with Crippen molar-refractivity contribution >= 4 is 21.6 Å². The first-order valence-corrected chi connectivity index (χ1v) is 9.10. The Morgan fingerprint density at radius 3 is 2.35 bits per heavy atom. The molecule has 1 amide bonds. The standard InChI is InChI=1S/C17H20N2O3S/c1-13-4-3-5-15(10-13)11-17(20)19-16-8-6-14(7-9-16)12-18-23(2,21)22/h3-10,18H,11-12H2,1-2H3,(H,19,20). The lowest BCUT2D eigenvalue weighted by Gasteiger charge is -2.07. The Balaban J connectivity index is 1.91. The van der Waals surface area contributed by atoms with Crippen LogP contribution in [0.4, 0.5) is 5.69 Å². The number of carbonyl (C=O) groups excluding carboxylic acids is 1. The van der Waals surface area contributed by atoms with E-state index in [-0.39, 0.29) is 12.5 Å². The van der Waals surface area contributed by atoms with Crippen molar-refractivity contribution < 1.29 is 13.2 Å². The highest BCUT2D eigenvalue weighted by Gasteiger charge is 2.05. The maximum absolute atomic E-state index is 12.0. The van der Waals surface area contributed by atoms with Crippen molar-refractivity contribution in [2.45, 2.75) is 19.9 Å². The molecule has 0 unspecified atom stereocenters. The van der Waals surface area contributed by atoms with E-state index in [4.69, 9.17) is 0 Å². The van der Waals surface area contributed by atoms with Crippen molar-refractivity contribution in [1.29, 1.82) is 0 Å². The molecule has 0 bridgehead atoms. The van der Waals surface area contributed by atoms with Gasteiger partial charge in [-0.15, -0.1) is 0 Å². The smallest absolute Gasteiger partial charge is 0.228 e. The Labute approximate surface area is 136 Å². The van der Waals surface area contributed by atoms with Gasteiger partial charge in [-0.3, -0.25) is 4.79 Å². The maximum Gasteiger partial charge on any atom is 0.228 e. The lowest BCUT2D eigenvalue weighted by atomic mass is 10.1. The normalized spacial score (nSPS) is 11.2. The molecule has 0 aliphatic heterocycles. The molecule has 6 heteroatoms. The van der Waals surface area contributed by atoms with Crippen LogP contribution in [0, 0.1) is 6.92 Å². The third kappa shape index (κ3) is 6.22. The van der Waals surface area contributed by atoms with E-state index < -0.39 is 10.0 Å². The van der Waals surface area contributed by atoms with E-state index in [1.165, 1.54) is 0 Å². The number of sulfonamides is 1. The van der Waals surface area contributed by atoms with Crippen molar-refractivity contribution in [3.8, 4) is 0 Å². The molecule has 0 saturated heterocycles. The van der Waals surface area contributed by atoms with Crippen LogP contribution >= 0.6 is 0 Å². The third-order valence-corrected chi connectivity index (χ3v) is 3.89. The predicted molar refractivity (Wildman–Crippen MR) is 91.6 cm³/mol. The van der Waals surface area contributed by atoms with E-state index in [0.29, 0.717) is 12.1 Å². The molecular formula is C17H20N2O3S. The van der Waals surface area contributed by atoms with Crippen LogP contribution in [0.25, 0.3) is 0 Å². The minimum absolute atomic E-state index is 0.0855. The highest BCUT2D eigenvalue weighted by Crippen LogP contribution is 2.11. The summed E-state index contributed by atoms with van der Waals surface area (Å²) in [6, 6.07) is 14.9. The van der Waals surface area contributed by atoms with Crippen LogP contribution in [0.2, 0.25) is 0 Å². The quantitative estimate of drug-likeness (QED) is 0.852. The first-order chi connectivity index (χ1) is 10.8. The van der Waals surface area contributed by atoms with Gasteiger partial charge in [-0.1, -0.05) is 42.0 Å². The molecule has 122 valence electrons. The molecule has 23 heavy (non-hydrogen) atoms. The molecule has 2 N–H and O–H groups in total. The van der Waals surface area contributed by atoms with Crippen molar-refractivity contribution in [3.05, 3.63) is 65.2 Å². The van der Waals surface area contributed by atoms with Gasteiger partial charge >= 0.3 is 0 Å². The first kappa shape index (κ1) is 17.2. The number of hydrogen-bond donors (Lipinski definition) is 2. The highest BCUT2D eigenvalue weighted by atomic mass is 32.2. The van der Waals surface area contributed by atoms with Crippen molar-refractivity contribution in [2.75, 3.05) is 11.6 Å². The number of carbonyl (C=O) groups is 1. The Hall–Kier alpha value is -2.18. The van der Waals surface area contributed by atoms with Gasteiger partial charge in [0.05, 0.1) is 12.7 Å². The van der Waals surface area contributed by atoms with Crippen LogP contribution in [0.5, 0.6) is 0 Å². The molecule has 0 spiro atoms. The lowest BCUT2D eigenvalue weighted by molar-refractivity contribution is -0.115. The molecule has 0 radical (unpaired) electrons. The summed E-state index contributed by atoms with van der Waals surface area (Å²) in [5.74, 6) is -0.0855. The van der Waals surface area contributed by atoms with Gasteiger partial charge < -0.3 is 5.32 Å². The number of amides is 1. The lowest BCUT2D eigenvalue weighted by Crippen LogP contribution is -2.21. The largest absolute Gasteiger partial charge is 0.326 e. The Morgan fingerprint density at radius 2 is 1.74 bits per heavy atom. The second-order valence-corrected chi connectivity index (χ2v) is 7.34. The van der Waals surface area contributed by atoms with E-state index in [9.17, 15) is 13.2 Å². The summed E-state index contributed by atoms with van der Waals surface area (Å²) >= 11 is 0. The summed E-state index contributed by atoms with van der Waals surface area (Å²) < 4.78 is 24.5. The van der Waals surface area contributed by atoms with Crippen molar-refractivity contribution in [3.63, 3.8) is 0 Å². The van der Waals surface area contributed by atoms with Crippen LogP contribution in [0.3, 0.4) is 0 Å². The number of benzene rings is 2. The number of rotatable bonds is 6. The van der Waals surface area contributed by atoms with Gasteiger partial charge in [-0.2, -0.15) is 0 Å². The highest BCUT2D eigenvalue weighted by molar-refractivity contribution is 7.88. The van der Waals surface area contributed by atoms with Gasteiger partial charge in [-0.05, 0) is 30.2 Å². The predicted octanol–water partition coefficient (Wildman–Crippen LogP) is 2.23. The van der Waals surface area contributed by atoms with E-state index in [0.717, 1.165) is 22.9 Å². The van der Waals surface area contributed by atoms with Crippen molar-refractivity contribution in [2.24, 2.45) is 0 Å². The Kier molecular flexibility index (Phi) is 5.52. The molecule has 0 saturated carbocycles. The minimum Gasteiger partial charge on any atom is -0.326 e. The average molecular weight is 332 g/mol. The third-order valence-electron chi connectivity index (χ3n) is 3.22. The van der Waals surface area contributed by atoms with Crippen LogP contribution < -0.4 is 10.0 Å². The number of hydrogen-bond acceptors (Lipinski definition) is 3. The Bertz CT molecular complexity index is 784. The van der Waals surface area contributed by atoms with Crippen LogP contribution in [0.1, 0.15) is 16.7 Å². The Morgan fingerprint density at radius 1 is 1.04 bits per heavy atom. The van der Waals surface area contributed by atoms with Gasteiger partial charge in [0.1, 0.15) is 0 Å². The second-order valence-electron chi connectivity index (χ2n) is 5.50. The molecule has 2 aromatic rings. The summed E-state index contributed by atoms with van der Waals surface area (Å²) in [5, 5.41) is 2.83. The molecule has 0 fully saturated rings. The molecular weight excluding hydrogens is 312 g/mol. The van der Waals surface area contributed by atoms with Crippen molar-refractivity contribution in [1.82, 2.24) is 4.72 Å². The molecule has 2 rings (SSSR count). The van der Waals surface area contributed by atoms with E-state index in [1.807, 2.05) is 31.2 Å². The fraction of sp³-hybridized carbons (Fsp3) is 0.235. The summed E-state index contributed by atoms with van der Waals surface area (Å²) in [6.45, 7) is 2.22. The second kappa shape index (κ2) is 7.39. The summed E-state index contributed by atoms with van der Waals surface area (Å²) in [6.07, 6.45) is 1.44. The van der Waals surface area contributed by atoms with E-state index in [2.05, 4.69) is 10.0 Å². The van der Waals surface area contributed by atoms with E-state index in [1.54, 1.807) is 24.3 Å². The summed E-state index contributed by atoms with van der Waals surface area (Å²) in [5.41, 5.74) is 3.60. The molecule has 0 aliphatic rings. The van der Waals surface area contributed by atoms with Gasteiger partial charge in [0.25, 0.3) is 0 Å². The molecule has 5 nitrogen and oxygen atoms in total. The molecule has 0 atom stereocenters. The van der Waals surface area contributed by atoms with Gasteiger partial charge in [-0.25, -0.2) is 13.1 Å². The first-order valence-electron chi connectivity index (χ1n) is 7.21. The zero-order chi connectivity index (χ0) is 16.9. The zero-order valence-corrected chi connectivity index (χ0v) is 14.0. The topological polar surface area (TPSA) is 75.3 Å².